The van der Waals surface area contributed by atoms with Gasteiger partial charge in [-0.15, -0.1) is 0 Å². The van der Waals surface area contributed by atoms with Crippen molar-refractivity contribution in [3.05, 3.63) is 53.9 Å². The Morgan fingerprint density at radius 1 is 1.13 bits per heavy atom. The second-order valence-electron chi connectivity index (χ2n) is 11.5. The summed E-state index contributed by atoms with van der Waals surface area (Å²) in [4.78, 5) is 28.6. The number of amides is 1. The largest absolute Gasteiger partial charge is 0.416 e. The van der Waals surface area contributed by atoms with Crippen LogP contribution in [0, 0.1) is 23.3 Å². The molecule has 0 radical (unpaired) electrons. The lowest BCUT2D eigenvalue weighted by molar-refractivity contribution is -0.139. The highest BCUT2D eigenvalue weighted by Gasteiger charge is 2.65. The third-order valence-electron chi connectivity index (χ3n) is 8.34. The van der Waals surface area contributed by atoms with Crippen molar-refractivity contribution in [2.24, 2.45) is 11.8 Å². The Morgan fingerprint density at radius 2 is 1.74 bits per heavy atom. The number of rotatable bonds is 7. The molecule has 3 fully saturated rings. The monoisotopic (exact) mass is 689 g/mol. The number of likely N-dealkylation sites (tertiary alicyclic amines) is 1. The summed E-state index contributed by atoms with van der Waals surface area (Å²) >= 11 is 0. The van der Waals surface area contributed by atoms with E-state index < -0.39 is 62.0 Å². The van der Waals surface area contributed by atoms with Gasteiger partial charge >= 0.3 is 16.4 Å². The number of aromatic nitrogens is 1. The molecule has 1 aromatic carbocycles. The van der Waals surface area contributed by atoms with Crippen LogP contribution in [0.25, 0.3) is 0 Å². The number of aldehydes is 1. The smallest absolute Gasteiger partial charge is 0.317 e. The number of benzene rings is 1. The number of halogens is 10. The van der Waals surface area contributed by atoms with Gasteiger partial charge in [-0.05, 0) is 68.5 Å². The summed E-state index contributed by atoms with van der Waals surface area (Å²) in [5.41, 5.74) is -2.65. The molecule has 4 unspecified atom stereocenters. The summed E-state index contributed by atoms with van der Waals surface area (Å²) < 4.78 is 132. The van der Waals surface area contributed by atoms with Crippen molar-refractivity contribution in [3.63, 3.8) is 0 Å². The lowest BCUT2D eigenvalue weighted by Gasteiger charge is -2.41. The highest BCUT2D eigenvalue weighted by atomic mass is 32.5. The molecule has 2 saturated carbocycles. The molecule has 2 heterocycles. The maximum atomic E-state index is 13.7. The van der Waals surface area contributed by atoms with E-state index >= 15 is 0 Å². The molecule has 1 aliphatic heterocycles. The van der Waals surface area contributed by atoms with Crippen LogP contribution in [-0.2, 0) is 15.8 Å². The fourth-order valence-corrected chi connectivity index (χ4v) is 6.47. The van der Waals surface area contributed by atoms with Gasteiger partial charge in [0.25, 0.3) is 5.91 Å². The predicted octanol–water partition coefficient (Wildman–Crippen LogP) is 7.62. The summed E-state index contributed by atoms with van der Waals surface area (Å²) in [6.07, 6.45) is 0.118. The maximum absolute atomic E-state index is 13.7. The number of nitriles is 1. The van der Waals surface area contributed by atoms with Crippen molar-refractivity contribution in [1.82, 2.24) is 15.2 Å². The number of fused-ring (bicyclic) bond motifs is 1. The van der Waals surface area contributed by atoms with Gasteiger partial charge in [-0.25, -0.2) is 8.78 Å². The van der Waals surface area contributed by atoms with Gasteiger partial charge in [0.1, 0.15) is 23.3 Å². The first kappa shape index (κ1) is 35.3. The van der Waals surface area contributed by atoms with Crippen LogP contribution in [0.4, 0.5) is 47.1 Å². The van der Waals surface area contributed by atoms with Gasteiger partial charge in [0.05, 0.1) is 5.56 Å². The van der Waals surface area contributed by atoms with Gasteiger partial charge in [-0.3, -0.25) is 19.6 Å². The number of alkyl halides is 5. The highest BCUT2D eigenvalue weighted by molar-refractivity contribution is 8.45. The molecular formula is C28H29F10N5O2S. The van der Waals surface area contributed by atoms with Crippen LogP contribution in [0.15, 0.2) is 47.6 Å². The lowest BCUT2D eigenvalue weighted by atomic mass is 9.92. The van der Waals surface area contributed by atoms with E-state index in [9.17, 15) is 56.2 Å². The average Bonchev–Trinajstić information content (AvgIpc) is 3.63. The Labute approximate surface area is 257 Å². The summed E-state index contributed by atoms with van der Waals surface area (Å²) in [6, 6.07) is -1.43. The zero-order valence-corrected chi connectivity index (χ0v) is 24.9. The van der Waals surface area contributed by atoms with Crippen LogP contribution >= 0.6 is 10.2 Å². The minimum Gasteiger partial charge on any atom is -0.317 e. The Bertz CT molecular complexity index is 1490. The number of anilines is 1. The Balaban J connectivity index is 0.000000409. The third-order valence-corrected chi connectivity index (χ3v) is 9.50. The molecule has 46 heavy (non-hydrogen) atoms. The van der Waals surface area contributed by atoms with E-state index in [1.165, 1.54) is 0 Å². The predicted molar refractivity (Wildman–Crippen MR) is 147 cm³/mol. The van der Waals surface area contributed by atoms with Gasteiger partial charge in [-0.1, -0.05) is 19.4 Å². The Hall–Kier alpha value is -3.59. The molecule has 2 aromatic rings. The number of nitrogens with zero attached hydrogens (tertiary/aromatic N) is 4. The molecule has 18 heteroatoms. The second kappa shape index (κ2) is 11.6. The molecule has 1 N–H and O–H groups in total. The lowest BCUT2D eigenvalue weighted by Crippen LogP contribution is -2.48. The number of hydrogen-bond donors (Lipinski definition) is 1. The normalized spacial score (nSPS) is 24.7. The standard InChI is InChI=1S/C21H16F8N4O2S.C7H13F2N/c22-21(23,24)17-5-6-31-8-16(17)18(10-34)33(20(35)19-15-7-12(15)9-32(19)11-30)13-1-3-14(4-2-13)36(25,26,27,28)29;1-10-6-2-4-7(8,9)5-3-6/h1-6,8,10,12,15,18-19H,7,9H2;6,10H,2-5H2,1H3. The van der Waals surface area contributed by atoms with Crippen molar-refractivity contribution in [2.75, 3.05) is 18.5 Å². The summed E-state index contributed by atoms with van der Waals surface area (Å²) in [7, 11) is -8.27. The van der Waals surface area contributed by atoms with Gasteiger partial charge in [0.2, 0.25) is 5.92 Å². The van der Waals surface area contributed by atoms with Crippen LogP contribution in [0.3, 0.4) is 0 Å². The van der Waals surface area contributed by atoms with E-state index in [0.29, 0.717) is 54.6 Å². The first-order chi connectivity index (χ1) is 21.1. The zero-order valence-electron chi connectivity index (χ0n) is 24.0. The topological polar surface area (TPSA) is 89.3 Å². The molecule has 5 rings (SSSR count). The zero-order chi connectivity index (χ0) is 34.4. The Kier molecular flexibility index (Phi) is 8.88. The first-order valence-corrected chi connectivity index (χ1v) is 15.9. The molecule has 3 aliphatic rings. The van der Waals surface area contributed by atoms with Gasteiger partial charge in [0, 0.05) is 49.1 Å². The van der Waals surface area contributed by atoms with Crippen LogP contribution < -0.4 is 10.2 Å². The quantitative estimate of drug-likeness (QED) is 0.183. The molecule has 4 atom stereocenters. The van der Waals surface area contributed by atoms with Crippen LogP contribution in [0.1, 0.15) is 49.3 Å². The van der Waals surface area contributed by atoms with E-state index in [4.69, 9.17) is 0 Å². The van der Waals surface area contributed by atoms with Gasteiger partial charge in [0.15, 0.2) is 6.19 Å². The van der Waals surface area contributed by atoms with E-state index in [1.807, 2.05) is 7.05 Å². The first-order valence-electron chi connectivity index (χ1n) is 14.0. The highest BCUT2D eigenvalue weighted by Crippen LogP contribution is 3.02. The molecule has 0 spiro atoms. The van der Waals surface area contributed by atoms with E-state index in [0.717, 1.165) is 11.1 Å². The molecular weight excluding hydrogens is 660 g/mol. The van der Waals surface area contributed by atoms with Crippen molar-refractivity contribution in [3.8, 4) is 6.19 Å². The van der Waals surface area contributed by atoms with Gasteiger partial charge in [-0.2, -0.15) is 18.4 Å². The fraction of sp³-hybridized carbons (Fsp3) is 0.500. The summed E-state index contributed by atoms with van der Waals surface area (Å²) in [5, 5.41) is 12.4. The van der Waals surface area contributed by atoms with Crippen LogP contribution in [0.5, 0.6) is 0 Å². The number of pyridine rings is 1. The number of nitrogens with one attached hydrogen (secondary N) is 1. The molecule has 2 aliphatic carbocycles. The van der Waals surface area contributed by atoms with E-state index in [2.05, 4.69) is 10.3 Å². The Morgan fingerprint density at radius 3 is 2.24 bits per heavy atom. The molecule has 1 aromatic heterocycles. The van der Waals surface area contributed by atoms with Crippen molar-refractivity contribution in [2.45, 2.75) is 67.2 Å². The second-order valence-corrected chi connectivity index (χ2v) is 13.9. The van der Waals surface area contributed by atoms with Crippen LogP contribution in [-0.4, -0.2) is 53.7 Å². The molecule has 254 valence electrons. The van der Waals surface area contributed by atoms with Crippen molar-refractivity contribution < 1.29 is 51.0 Å². The maximum Gasteiger partial charge on any atom is 0.416 e. The molecule has 7 nitrogen and oxygen atoms in total. The molecule has 1 saturated heterocycles. The molecule has 0 bridgehead atoms. The van der Waals surface area contributed by atoms with Crippen molar-refractivity contribution in [1.29, 1.82) is 5.26 Å². The minimum absolute atomic E-state index is 0.0103. The fourth-order valence-electron chi connectivity index (χ4n) is 5.82. The number of piperidine rings is 1. The van der Waals surface area contributed by atoms with Crippen molar-refractivity contribution >= 4 is 28.1 Å². The average molecular weight is 690 g/mol. The number of carbonyl (C=O) groups excluding carboxylic acids is 2. The van der Waals surface area contributed by atoms with Gasteiger partial charge < -0.3 is 10.1 Å². The summed E-state index contributed by atoms with van der Waals surface area (Å²) in [5.74, 6) is -3.81. The minimum atomic E-state index is -10.1. The number of carbonyl (C=O) groups is 2. The SMILES string of the molecule is CNC1CCC(F)(F)CC1.N#CN1CC2CC2C1C(=O)N(c1ccc(S(F)(F)(F)(F)F)cc1)C(C=O)c1cnccc1C(F)(F)F. The van der Waals surface area contributed by atoms with E-state index in [-0.39, 0.29) is 49.6 Å². The number of hydrogen-bond acceptors (Lipinski definition) is 6. The third kappa shape index (κ3) is 7.85. The van der Waals surface area contributed by atoms with Crippen LogP contribution in [0.2, 0.25) is 0 Å². The van der Waals surface area contributed by atoms with E-state index in [1.54, 1.807) is 6.19 Å². The summed E-state index contributed by atoms with van der Waals surface area (Å²) in [6.45, 7) is 0.182. The molecule has 1 amide bonds.